The van der Waals surface area contributed by atoms with Crippen LogP contribution < -0.4 is 10.3 Å². The van der Waals surface area contributed by atoms with E-state index in [-0.39, 0.29) is 5.56 Å². The predicted molar refractivity (Wildman–Crippen MR) is 120 cm³/mol. The van der Waals surface area contributed by atoms with Crippen LogP contribution in [0.4, 0.5) is 0 Å². The molecule has 0 atom stereocenters. The van der Waals surface area contributed by atoms with Crippen LogP contribution in [0.5, 0.6) is 5.75 Å². The molecule has 0 aliphatic rings. The molecule has 0 aliphatic heterocycles. The van der Waals surface area contributed by atoms with Gasteiger partial charge in [0.25, 0.3) is 5.56 Å². The minimum absolute atomic E-state index is 0.0394. The van der Waals surface area contributed by atoms with Crippen LogP contribution in [0.25, 0.3) is 27.5 Å². The minimum Gasteiger partial charge on any atom is -0.497 e. The lowest BCUT2D eigenvalue weighted by molar-refractivity contribution is 0.415. The van der Waals surface area contributed by atoms with E-state index in [2.05, 4.69) is 4.98 Å². The first-order valence-electron chi connectivity index (χ1n) is 9.95. The molecule has 5 heteroatoms. The highest BCUT2D eigenvalue weighted by molar-refractivity contribution is 5.84. The van der Waals surface area contributed by atoms with Crippen LogP contribution in [0.1, 0.15) is 11.4 Å². The van der Waals surface area contributed by atoms with Gasteiger partial charge in [0.2, 0.25) is 0 Å². The number of H-pyrrole nitrogens is 1. The topological polar surface area (TPSA) is 59.9 Å². The lowest BCUT2D eigenvalue weighted by Crippen LogP contribution is -2.24. The van der Waals surface area contributed by atoms with E-state index in [1.165, 1.54) is 5.56 Å². The molecule has 1 N–H and O–H groups in total. The molecule has 0 bridgehead atoms. The van der Waals surface area contributed by atoms with Crippen LogP contribution in [-0.4, -0.2) is 21.6 Å². The fraction of sp³-hybridized carbons (Fsp3) is 0.120. The Balaban J connectivity index is 1.60. The van der Waals surface area contributed by atoms with Crippen molar-refractivity contribution >= 4 is 21.8 Å². The molecule has 2 heterocycles. The molecule has 0 aliphatic carbocycles. The van der Waals surface area contributed by atoms with Gasteiger partial charge in [0, 0.05) is 23.5 Å². The molecule has 0 fully saturated rings. The van der Waals surface area contributed by atoms with Gasteiger partial charge in [0.05, 0.1) is 23.7 Å². The second kappa shape index (κ2) is 7.52. The van der Waals surface area contributed by atoms with Gasteiger partial charge in [-0.15, -0.1) is 0 Å². The summed E-state index contributed by atoms with van der Waals surface area (Å²) < 4.78 is 7.11. The molecule has 0 amide bonds. The van der Waals surface area contributed by atoms with E-state index >= 15 is 0 Å². The number of methoxy groups -OCH3 is 1. The number of hydrogen-bond acceptors (Lipinski definition) is 3. The van der Waals surface area contributed by atoms with E-state index in [1.807, 2.05) is 79.0 Å². The number of rotatable bonds is 5. The summed E-state index contributed by atoms with van der Waals surface area (Å²) in [5.74, 6) is 1.58. The van der Waals surface area contributed by atoms with Crippen LogP contribution in [0.15, 0.2) is 83.8 Å². The summed E-state index contributed by atoms with van der Waals surface area (Å²) in [5, 5.41) is 1.76. The number of benzene rings is 3. The SMILES string of the molecule is COc1ccc2[nH]cc(CCc3nc4ccccc4c(=O)n3-c3ccccc3)c2c1. The number of fused-ring (bicyclic) bond motifs is 2. The third kappa shape index (κ3) is 3.14. The fourth-order valence-corrected chi connectivity index (χ4v) is 3.93. The van der Waals surface area contributed by atoms with E-state index in [0.29, 0.717) is 11.8 Å². The number of aromatic amines is 1. The van der Waals surface area contributed by atoms with Crippen LogP contribution in [0.2, 0.25) is 0 Å². The summed E-state index contributed by atoms with van der Waals surface area (Å²) in [4.78, 5) is 21.5. The molecule has 30 heavy (non-hydrogen) atoms. The van der Waals surface area contributed by atoms with Gasteiger partial charge in [-0.05, 0) is 54.4 Å². The van der Waals surface area contributed by atoms with Crippen molar-refractivity contribution in [1.82, 2.24) is 14.5 Å². The molecular formula is C25H21N3O2. The molecule has 0 saturated carbocycles. The van der Waals surface area contributed by atoms with Gasteiger partial charge >= 0.3 is 0 Å². The van der Waals surface area contributed by atoms with E-state index in [0.717, 1.165) is 40.1 Å². The summed E-state index contributed by atoms with van der Waals surface area (Å²) >= 11 is 0. The molecule has 5 aromatic rings. The largest absolute Gasteiger partial charge is 0.497 e. The minimum atomic E-state index is -0.0394. The first-order valence-corrected chi connectivity index (χ1v) is 9.95. The van der Waals surface area contributed by atoms with Crippen molar-refractivity contribution in [2.75, 3.05) is 7.11 Å². The van der Waals surface area contributed by atoms with Gasteiger partial charge in [0.15, 0.2) is 0 Å². The first-order chi connectivity index (χ1) is 14.7. The molecule has 0 unspecified atom stereocenters. The van der Waals surface area contributed by atoms with Gasteiger partial charge in [-0.3, -0.25) is 9.36 Å². The van der Waals surface area contributed by atoms with Crippen LogP contribution >= 0.6 is 0 Å². The van der Waals surface area contributed by atoms with Gasteiger partial charge in [-0.25, -0.2) is 4.98 Å². The van der Waals surface area contributed by atoms with Crippen molar-refractivity contribution in [2.45, 2.75) is 12.8 Å². The second-order valence-corrected chi connectivity index (χ2v) is 7.25. The zero-order valence-corrected chi connectivity index (χ0v) is 16.6. The standard InChI is InChI=1S/C25H21N3O2/c1-30-19-12-13-22-21(15-19)17(16-26-22)11-14-24-27-23-10-6-5-9-20(23)25(29)28(24)18-7-3-2-4-8-18/h2-10,12-13,15-16,26H,11,14H2,1H3. The Morgan fingerprint density at radius 2 is 1.73 bits per heavy atom. The first kappa shape index (κ1) is 18.2. The Hall–Kier alpha value is -3.86. The Bertz CT molecular complexity index is 1400. The van der Waals surface area contributed by atoms with Crippen molar-refractivity contribution in [3.63, 3.8) is 0 Å². The highest BCUT2D eigenvalue weighted by Gasteiger charge is 2.14. The molecule has 0 saturated heterocycles. The van der Waals surface area contributed by atoms with Crippen molar-refractivity contribution < 1.29 is 4.74 Å². The number of nitrogens with zero attached hydrogens (tertiary/aromatic N) is 2. The van der Waals surface area contributed by atoms with Crippen molar-refractivity contribution in [2.24, 2.45) is 0 Å². The van der Waals surface area contributed by atoms with Gasteiger partial charge < -0.3 is 9.72 Å². The summed E-state index contributed by atoms with van der Waals surface area (Å²) in [6.07, 6.45) is 3.42. The van der Waals surface area contributed by atoms with E-state index in [4.69, 9.17) is 9.72 Å². The Labute approximate surface area is 173 Å². The summed E-state index contributed by atoms with van der Waals surface area (Å²) in [6.45, 7) is 0. The molecule has 5 rings (SSSR count). The van der Waals surface area contributed by atoms with E-state index < -0.39 is 0 Å². The third-order valence-corrected chi connectivity index (χ3v) is 5.45. The van der Waals surface area contributed by atoms with E-state index in [1.54, 1.807) is 11.7 Å². The lowest BCUT2D eigenvalue weighted by atomic mass is 10.1. The molecule has 2 aromatic heterocycles. The van der Waals surface area contributed by atoms with Gasteiger partial charge in [-0.1, -0.05) is 30.3 Å². The Kier molecular flexibility index (Phi) is 4.56. The number of nitrogens with one attached hydrogen (secondary N) is 1. The molecule has 0 spiro atoms. The average Bonchev–Trinajstić information content (AvgIpc) is 3.20. The smallest absolute Gasteiger partial charge is 0.265 e. The zero-order valence-electron chi connectivity index (χ0n) is 16.6. The maximum atomic E-state index is 13.3. The Morgan fingerprint density at radius 1 is 0.933 bits per heavy atom. The summed E-state index contributed by atoms with van der Waals surface area (Å²) in [6, 6.07) is 23.2. The zero-order chi connectivity index (χ0) is 20.5. The highest BCUT2D eigenvalue weighted by Crippen LogP contribution is 2.25. The maximum Gasteiger partial charge on any atom is 0.265 e. The second-order valence-electron chi connectivity index (χ2n) is 7.25. The quantitative estimate of drug-likeness (QED) is 0.471. The molecule has 0 radical (unpaired) electrons. The molecular weight excluding hydrogens is 374 g/mol. The van der Waals surface area contributed by atoms with Crippen LogP contribution in [0, 0.1) is 0 Å². The number of aromatic nitrogens is 3. The average molecular weight is 395 g/mol. The normalized spacial score (nSPS) is 11.2. The monoisotopic (exact) mass is 395 g/mol. The fourth-order valence-electron chi connectivity index (χ4n) is 3.93. The molecule has 5 nitrogen and oxygen atoms in total. The molecule has 3 aromatic carbocycles. The van der Waals surface area contributed by atoms with Gasteiger partial charge in [-0.2, -0.15) is 0 Å². The maximum absolute atomic E-state index is 13.3. The van der Waals surface area contributed by atoms with Crippen LogP contribution in [-0.2, 0) is 12.8 Å². The van der Waals surface area contributed by atoms with Crippen molar-refractivity contribution in [1.29, 1.82) is 0 Å². The number of para-hydroxylation sites is 2. The highest BCUT2D eigenvalue weighted by atomic mass is 16.5. The van der Waals surface area contributed by atoms with Crippen molar-refractivity contribution in [3.8, 4) is 11.4 Å². The summed E-state index contributed by atoms with van der Waals surface area (Å²) in [5.41, 5.74) is 3.76. The Morgan fingerprint density at radius 3 is 2.57 bits per heavy atom. The summed E-state index contributed by atoms with van der Waals surface area (Å²) in [7, 11) is 1.67. The lowest BCUT2D eigenvalue weighted by Gasteiger charge is -2.13. The van der Waals surface area contributed by atoms with Crippen LogP contribution in [0.3, 0.4) is 0 Å². The number of aryl methyl sites for hydroxylation is 2. The van der Waals surface area contributed by atoms with E-state index in [9.17, 15) is 4.79 Å². The van der Waals surface area contributed by atoms with Gasteiger partial charge in [0.1, 0.15) is 11.6 Å². The third-order valence-electron chi connectivity index (χ3n) is 5.45. The number of hydrogen-bond donors (Lipinski definition) is 1. The predicted octanol–water partition coefficient (Wildman–Crippen LogP) is 4.66. The van der Waals surface area contributed by atoms with Crippen molar-refractivity contribution in [3.05, 3.63) is 101 Å². The molecule has 148 valence electrons. The number of ether oxygens (including phenoxy) is 1.